The third-order valence-electron chi connectivity index (χ3n) is 5.55. The van der Waals surface area contributed by atoms with Gasteiger partial charge >= 0.3 is 0 Å². The number of nitrogens with zero attached hydrogens (tertiary/aromatic N) is 5. The van der Waals surface area contributed by atoms with Gasteiger partial charge in [0.1, 0.15) is 11.4 Å². The molecule has 0 spiro atoms. The highest BCUT2D eigenvalue weighted by Crippen LogP contribution is 2.34. The fraction of sp³-hybridized carbons (Fsp3) is 0.120. The van der Waals surface area contributed by atoms with E-state index >= 15 is 0 Å². The summed E-state index contributed by atoms with van der Waals surface area (Å²) in [6.45, 7) is 2.02. The standard InChI is InChI=1S/C25H23N7O/c1-17-6-7-18(15-26)13-20(17)22-16-31-10-4-5-21(25(31)28-22)27-19-8-9-23(24(14-19)33-3)32-12-11-30(2)29-32/h4-14,16,27,29H,1-3H3. The number of nitrogens with one attached hydrogen (secondary N) is 2. The van der Waals surface area contributed by atoms with Gasteiger partial charge in [0.05, 0.1) is 30.1 Å². The number of aromatic nitrogens is 2. The summed E-state index contributed by atoms with van der Waals surface area (Å²) in [5.74, 6) is 0.729. The number of nitriles is 1. The number of hydrogen-bond acceptors (Lipinski definition) is 7. The fourth-order valence-electron chi connectivity index (χ4n) is 3.86. The van der Waals surface area contributed by atoms with Gasteiger partial charge in [-0.25, -0.2) is 4.98 Å². The minimum absolute atomic E-state index is 0.617. The zero-order valence-corrected chi connectivity index (χ0v) is 18.6. The maximum atomic E-state index is 9.28. The maximum absolute atomic E-state index is 9.28. The molecule has 0 atom stereocenters. The second-order valence-electron chi connectivity index (χ2n) is 7.81. The summed E-state index contributed by atoms with van der Waals surface area (Å²) < 4.78 is 7.62. The van der Waals surface area contributed by atoms with E-state index in [9.17, 15) is 5.26 Å². The molecule has 8 nitrogen and oxygen atoms in total. The number of ether oxygens (including phenoxy) is 1. The van der Waals surface area contributed by atoms with Crippen molar-refractivity contribution in [1.82, 2.24) is 19.9 Å². The highest BCUT2D eigenvalue weighted by molar-refractivity contribution is 5.79. The number of hydrogen-bond donors (Lipinski definition) is 2. The van der Waals surface area contributed by atoms with Gasteiger partial charge in [-0.1, -0.05) is 6.07 Å². The van der Waals surface area contributed by atoms with Gasteiger partial charge in [0.15, 0.2) is 5.65 Å². The average Bonchev–Trinajstić information content (AvgIpc) is 3.46. The van der Waals surface area contributed by atoms with Crippen molar-refractivity contribution in [3.63, 3.8) is 0 Å². The van der Waals surface area contributed by atoms with Crippen LogP contribution < -0.4 is 20.6 Å². The van der Waals surface area contributed by atoms with Gasteiger partial charge in [0.25, 0.3) is 0 Å². The molecule has 0 saturated heterocycles. The van der Waals surface area contributed by atoms with E-state index in [1.165, 1.54) is 0 Å². The Morgan fingerprint density at radius 3 is 2.76 bits per heavy atom. The third-order valence-corrected chi connectivity index (χ3v) is 5.55. The van der Waals surface area contributed by atoms with E-state index in [-0.39, 0.29) is 0 Å². The molecule has 3 heterocycles. The van der Waals surface area contributed by atoms with Gasteiger partial charge in [0.2, 0.25) is 0 Å². The lowest BCUT2D eigenvalue weighted by atomic mass is 10.0. The number of rotatable bonds is 5. The second kappa shape index (κ2) is 8.22. The van der Waals surface area contributed by atoms with Crippen LogP contribution in [0.25, 0.3) is 16.9 Å². The topological polar surface area (TPSA) is 80.9 Å². The van der Waals surface area contributed by atoms with Crippen molar-refractivity contribution in [3.05, 3.63) is 84.5 Å². The molecule has 2 N–H and O–H groups in total. The first kappa shape index (κ1) is 20.4. The molecular weight excluding hydrogens is 414 g/mol. The molecule has 164 valence electrons. The average molecular weight is 438 g/mol. The molecule has 1 aliphatic heterocycles. The van der Waals surface area contributed by atoms with Gasteiger partial charge < -0.3 is 14.5 Å². The van der Waals surface area contributed by atoms with E-state index in [0.29, 0.717) is 5.56 Å². The summed E-state index contributed by atoms with van der Waals surface area (Å²) in [5, 5.41) is 16.5. The molecule has 0 saturated carbocycles. The predicted octanol–water partition coefficient (Wildman–Crippen LogP) is 4.58. The number of pyridine rings is 1. The molecule has 0 aliphatic carbocycles. The Labute approximate surface area is 191 Å². The van der Waals surface area contributed by atoms with Crippen molar-refractivity contribution in [2.24, 2.45) is 0 Å². The fourth-order valence-corrected chi connectivity index (χ4v) is 3.86. The Hall–Kier alpha value is -4.48. The van der Waals surface area contributed by atoms with E-state index in [1.807, 2.05) is 102 Å². The summed E-state index contributed by atoms with van der Waals surface area (Å²) in [6.07, 6.45) is 7.80. The van der Waals surface area contributed by atoms with Crippen molar-refractivity contribution >= 4 is 22.7 Å². The summed E-state index contributed by atoms with van der Waals surface area (Å²) in [5.41, 5.74) is 10.1. The van der Waals surface area contributed by atoms with Gasteiger partial charge in [-0.2, -0.15) is 5.26 Å². The number of anilines is 3. The van der Waals surface area contributed by atoms with Crippen molar-refractivity contribution in [2.75, 3.05) is 24.5 Å². The van der Waals surface area contributed by atoms with Crippen LogP contribution in [0.1, 0.15) is 11.1 Å². The molecule has 2 aromatic carbocycles. The minimum Gasteiger partial charge on any atom is -0.494 e. The molecule has 2 aromatic heterocycles. The lowest BCUT2D eigenvalue weighted by Crippen LogP contribution is -2.36. The number of aryl methyl sites for hydroxylation is 1. The maximum Gasteiger partial charge on any atom is 0.161 e. The summed E-state index contributed by atoms with van der Waals surface area (Å²) in [6, 6.07) is 17.8. The first-order chi connectivity index (χ1) is 16.1. The Morgan fingerprint density at radius 1 is 1.12 bits per heavy atom. The van der Waals surface area contributed by atoms with E-state index in [2.05, 4.69) is 16.9 Å². The molecule has 0 radical (unpaired) electrons. The summed E-state index contributed by atoms with van der Waals surface area (Å²) in [4.78, 5) is 4.87. The van der Waals surface area contributed by atoms with Crippen molar-refractivity contribution < 1.29 is 4.74 Å². The number of hydrazine groups is 2. The van der Waals surface area contributed by atoms with Crippen molar-refractivity contribution in [3.8, 4) is 23.1 Å². The van der Waals surface area contributed by atoms with Crippen LogP contribution in [-0.4, -0.2) is 28.6 Å². The van der Waals surface area contributed by atoms with Crippen LogP contribution in [0.4, 0.5) is 17.1 Å². The van der Waals surface area contributed by atoms with Gasteiger partial charge in [-0.3, -0.25) is 10.0 Å². The van der Waals surface area contributed by atoms with Crippen LogP contribution in [0.2, 0.25) is 0 Å². The lowest BCUT2D eigenvalue weighted by Gasteiger charge is -2.22. The molecule has 0 bridgehead atoms. The normalized spacial score (nSPS) is 12.9. The van der Waals surface area contributed by atoms with Crippen LogP contribution >= 0.6 is 0 Å². The molecule has 0 unspecified atom stereocenters. The number of methoxy groups -OCH3 is 1. The van der Waals surface area contributed by atoms with Gasteiger partial charge in [-0.15, -0.1) is 5.53 Å². The van der Waals surface area contributed by atoms with Crippen molar-refractivity contribution in [1.29, 1.82) is 5.26 Å². The van der Waals surface area contributed by atoms with E-state index < -0.39 is 0 Å². The van der Waals surface area contributed by atoms with Gasteiger partial charge in [-0.05, 0) is 48.9 Å². The summed E-state index contributed by atoms with van der Waals surface area (Å²) in [7, 11) is 3.59. The largest absolute Gasteiger partial charge is 0.494 e. The van der Waals surface area contributed by atoms with Crippen LogP contribution in [0, 0.1) is 18.3 Å². The first-order valence-electron chi connectivity index (χ1n) is 10.5. The molecule has 0 amide bonds. The molecule has 8 heteroatoms. The van der Waals surface area contributed by atoms with Crippen molar-refractivity contribution in [2.45, 2.75) is 6.92 Å². The zero-order valence-electron chi connectivity index (χ0n) is 18.6. The molecule has 5 rings (SSSR count). The quantitative estimate of drug-likeness (QED) is 0.473. The minimum atomic E-state index is 0.617. The Bertz CT molecular complexity index is 1420. The van der Waals surface area contributed by atoms with E-state index in [0.717, 1.165) is 45.3 Å². The molecule has 4 aromatic rings. The smallest absolute Gasteiger partial charge is 0.161 e. The Kier molecular flexibility index (Phi) is 5.09. The van der Waals surface area contributed by atoms with E-state index in [1.54, 1.807) is 7.11 Å². The molecular formula is C25H23N7O. The van der Waals surface area contributed by atoms with Crippen LogP contribution in [0.15, 0.2) is 73.3 Å². The number of imidazole rings is 1. The van der Waals surface area contributed by atoms with Gasteiger partial charge in [0, 0.05) is 49.2 Å². The SMILES string of the molecule is COc1cc(Nc2cccn3cc(-c4cc(C#N)ccc4C)nc23)ccc1N1C=CN(C)N1. The predicted molar refractivity (Wildman–Crippen MR) is 129 cm³/mol. The Morgan fingerprint density at radius 2 is 2.00 bits per heavy atom. The second-order valence-corrected chi connectivity index (χ2v) is 7.81. The number of benzene rings is 2. The zero-order chi connectivity index (χ0) is 22.9. The Balaban J connectivity index is 1.49. The third kappa shape index (κ3) is 3.82. The van der Waals surface area contributed by atoms with Crippen LogP contribution in [0.3, 0.4) is 0 Å². The number of fused-ring (bicyclic) bond motifs is 1. The summed E-state index contributed by atoms with van der Waals surface area (Å²) >= 11 is 0. The van der Waals surface area contributed by atoms with E-state index in [4.69, 9.17) is 9.72 Å². The molecule has 0 fully saturated rings. The highest BCUT2D eigenvalue weighted by atomic mass is 16.5. The molecule has 33 heavy (non-hydrogen) atoms. The lowest BCUT2D eigenvalue weighted by molar-refractivity contribution is 0.354. The molecule has 1 aliphatic rings. The van der Waals surface area contributed by atoms with Crippen LogP contribution in [-0.2, 0) is 0 Å². The highest BCUT2D eigenvalue weighted by Gasteiger charge is 2.16. The first-order valence-corrected chi connectivity index (χ1v) is 10.5. The van der Waals surface area contributed by atoms with Crippen LogP contribution in [0.5, 0.6) is 5.75 Å². The monoisotopic (exact) mass is 437 g/mol.